The summed E-state index contributed by atoms with van der Waals surface area (Å²) < 4.78 is 0. The van der Waals surface area contributed by atoms with E-state index in [1.165, 1.54) is 0 Å². The Labute approximate surface area is 156 Å². The van der Waals surface area contributed by atoms with E-state index in [0.29, 0.717) is 0 Å². The lowest BCUT2D eigenvalue weighted by atomic mass is 10.0. The van der Waals surface area contributed by atoms with Crippen molar-refractivity contribution in [3.05, 3.63) is 48.5 Å². The van der Waals surface area contributed by atoms with Crippen molar-refractivity contribution in [1.82, 2.24) is 0 Å². The molecule has 4 heteroatoms. The molecular weight excluding hydrogens is 324 g/mol. The molecule has 2 rings (SSSR count). The van der Waals surface area contributed by atoms with Crippen molar-refractivity contribution in [2.24, 2.45) is 11.8 Å². The van der Waals surface area contributed by atoms with E-state index < -0.39 is 0 Å². The minimum atomic E-state index is 0.00728. The number of nitrogens with one attached hydrogen (secondary N) is 2. The summed E-state index contributed by atoms with van der Waals surface area (Å²) in [5.74, 6) is 0.101. The predicted molar refractivity (Wildman–Crippen MR) is 108 cm³/mol. The van der Waals surface area contributed by atoms with Gasteiger partial charge in [-0.3, -0.25) is 9.59 Å². The molecule has 0 radical (unpaired) electrons. The van der Waals surface area contributed by atoms with Crippen LogP contribution in [-0.4, -0.2) is 11.8 Å². The molecule has 0 saturated heterocycles. The van der Waals surface area contributed by atoms with Gasteiger partial charge >= 0.3 is 0 Å². The van der Waals surface area contributed by atoms with Crippen LogP contribution in [0.1, 0.15) is 40.5 Å². The van der Waals surface area contributed by atoms with Gasteiger partial charge in [-0.25, -0.2) is 0 Å². The fourth-order valence-corrected chi connectivity index (χ4v) is 2.39. The highest BCUT2D eigenvalue weighted by atomic mass is 16.2. The van der Waals surface area contributed by atoms with Gasteiger partial charge in [0.15, 0.2) is 0 Å². The van der Waals surface area contributed by atoms with Crippen molar-refractivity contribution in [3.63, 3.8) is 0 Å². The summed E-state index contributed by atoms with van der Waals surface area (Å²) in [4.78, 5) is 23.9. The smallest absolute Gasteiger partial charge is 0.227 e. The third-order valence-corrected chi connectivity index (χ3v) is 4.76. The summed E-state index contributed by atoms with van der Waals surface area (Å²) in [6.45, 7) is 7.85. The van der Waals surface area contributed by atoms with Crippen molar-refractivity contribution in [2.45, 2.75) is 40.5 Å². The van der Waals surface area contributed by atoms with Gasteiger partial charge in [0, 0.05) is 23.2 Å². The summed E-state index contributed by atoms with van der Waals surface area (Å²) in [5.41, 5.74) is 3.73. The zero-order valence-electron chi connectivity index (χ0n) is 16.0. The van der Waals surface area contributed by atoms with Crippen LogP contribution in [0.25, 0.3) is 11.1 Å². The first-order valence-electron chi connectivity index (χ1n) is 9.26. The number of carbonyl (C=O) groups excluding carboxylic acids is 2. The zero-order valence-corrected chi connectivity index (χ0v) is 16.0. The molecule has 26 heavy (non-hydrogen) atoms. The van der Waals surface area contributed by atoms with Gasteiger partial charge in [0.2, 0.25) is 11.8 Å². The average Bonchev–Trinajstić information content (AvgIpc) is 2.67. The maximum atomic E-state index is 11.9. The van der Waals surface area contributed by atoms with E-state index in [0.717, 1.165) is 35.3 Å². The largest absolute Gasteiger partial charge is 0.326 e. The highest BCUT2D eigenvalue weighted by Crippen LogP contribution is 2.24. The topological polar surface area (TPSA) is 58.2 Å². The highest BCUT2D eigenvalue weighted by molar-refractivity contribution is 5.93. The minimum absolute atomic E-state index is 0.00728. The van der Waals surface area contributed by atoms with Crippen molar-refractivity contribution in [2.75, 3.05) is 10.6 Å². The molecule has 4 nitrogen and oxygen atoms in total. The van der Waals surface area contributed by atoms with Gasteiger partial charge in [0.05, 0.1) is 0 Å². The summed E-state index contributed by atoms with van der Waals surface area (Å²) in [6, 6.07) is 15.6. The van der Waals surface area contributed by atoms with E-state index in [1.54, 1.807) is 0 Å². The average molecular weight is 352 g/mol. The fourth-order valence-electron chi connectivity index (χ4n) is 2.39. The van der Waals surface area contributed by atoms with E-state index in [1.807, 2.05) is 76.2 Å². The predicted octanol–water partition coefficient (Wildman–Crippen LogP) is 5.32. The fraction of sp³-hybridized carbons (Fsp3) is 0.364. The van der Waals surface area contributed by atoms with Gasteiger partial charge in [0.25, 0.3) is 0 Å². The molecule has 138 valence electrons. The first kappa shape index (κ1) is 19.7. The molecule has 2 atom stereocenters. The van der Waals surface area contributed by atoms with E-state index in [9.17, 15) is 9.59 Å². The SMILES string of the molecule is CCC(C)C(=O)Nc1ccc(-c2ccc(NC(=O)C(C)CC)cc2)cc1. The number of rotatable bonds is 7. The molecule has 0 aliphatic rings. The lowest BCUT2D eigenvalue weighted by Gasteiger charge is -2.12. The summed E-state index contributed by atoms with van der Waals surface area (Å²) >= 11 is 0. The Bertz CT molecular complexity index is 670. The Morgan fingerprint density at radius 2 is 1.00 bits per heavy atom. The molecule has 2 amide bonds. The van der Waals surface area contributed by atoms with Crippen LogP contribution in [-0.2, 0) is 9.59 Å². The molecule has 2 unspecified atom stereocenters. The van der Waals surface area contributed by atoms with Gasteiger partial charge in [-0.1, -0.05) is 52.0 Å². The standard InChI is InChI=1S/C22H28N2O2/c1-5-15(3)21(25)23-19-11-7-17(8-12-19)18-9-13-20(14-10-18)24-22(26)16(4)6-2/h7-16H,5-6H2,1-4H3,(H,23,25)(H,24,26). The number of anilines is 2. The molecule has 0 spiro atoms. The third-order valence-electron chi connectivity index (χ3n) is 4.76. The number of hydrogen-bond acceptors (Lipinski definition) is 2. The van der Waals surface area contributed by atoms with Gasteiger partial charge in [-0.15, -0.1) is 0 Å². The molecule has 0 heterocycles. The van der Waals surface area contributed by atoms with Crippen LogP contribution >= 0.6 is 0 Å². The Morgan fingerprint density at radius 3 is 1.27 bits per heavy atom. The summed E-state index contributed by atoms with van der Waals surface area (Å²) in [5, 5.41) is 5.86. The number of amides is 2. The third kappa shape index (κ3) is 5.19. The van der Waals surface area contributed by atoms with Crippen LogP contribution < -0.4 is 10.6 Å². The molecule has 2 aromatic carbocycles. The lowest BCUT2D eigenvalue weighted by molar-refractivity contribution is -0.120. The number of hydrogen-bond donors (Lipinski definition) is 2. The Balaban J connectivity index is 2.03. The molecular formula is C22H28N2O2. The monoisotopic (exact) mass is 352 g/mol. The van der Waals surface area contributed by atoms with Crippen LogP contribution in [0.4, 0.5) is 11.4 Å². The molecule has 0 bridgehead atoms. The summed E-state index contributed by atoms with van der Waals surface area (Å²) in [7, 11) is 0. The second-order valence-corrected chi connectivity index (χ2v) is 6.75. The molecule has 0 aliphatic heterocycles. The van der Waals surface area contributed by atoms with E-state index in [-0.39, 0.29) is 23.7 Å². The van der Waals surface area contributed by atoms with E-state index >= 15 is 0 Å². The summed E-state index contributed by atoms with van der Waals surface area (Å²) in [6.07, 6.45) is 1.65. The van der Waals surface area contributed by atoms with Crippen molar-refractivity contribution >= 4 is 23.2 Å². The van der Waals surface area contributed by atoms with Crippen LogP contribution in [0.2, 0.25) is 0 Å². The first-order chi connectivity index (χ1) is 12.4. The van der Waals surface area contributed by atoms with Gasteiger partial charge in [-0.2, -0.15) is 0 Å². The quantitative estimate of drug-likeness (QED) is 0.708. The Morgan fingerprint density at radius 1 is 0.692 bits per heavy atom. The van der Waals surface area contributed by atoms with Crippen LogP contribution in [0.15, 0.2) is 48.5 Å². The second kappa shape index (κ2) is 9.18. The molecule has 0 aliphatic carbocycles. The van der Waals surface area contributed by atoms with Gasteiger partial charge in [0.1, 0.15) is 0 Å². The minimum Gasteiger partial charge on any atom is -0.326 e. The van der Waals surface area contributed by atoms with Gasteiger partial charge in [-0.05, 0) is 48.2 Å². The first-order valence-corrected chi connectivity index (χ1v) is 9.26. The highest BCUT2D eigenvalue weighted by Gasteiger charge is 2.11. The van der Waals surface area contributed by atoms with E-state index in [4.69, 9.17) is 0 Å². The molecule has 0 fully saturated rings. The molecule has 0 aromatic heterocycles. The number of carbonyl (C=O) groups is 2. The zero-order chi connectivity index (χ0) is 19.1. The van der Waals surface area contributed by atoms with Crippen molar-refractivity contribution in [3.8, 4) is 11.1 Å². The normalized spacial score (nSPS) is 12.9. The van der Waals surface area contributed by atoms with Crippen LogP contribution in [0, 0.1) is 11.8 Å². The van der Waals surface area contributed by atoms with Crippen LogP contribution in [0.3, 0.4) is 0 Å². The van der Waals surface area contributed by atoms with Crippen molar-refractivity contribution < 1.29 is 9.59 Å². The van der Waals surface area contributed by atoms with Crippen molar-refractivity contribution in [1.29, 1.82) is 0 Å². The molecule has 0 saturated carbocycles. The maximum Gasteiger partial charge on any atom is 0.227 e. The molecule has 2 aromatic rings. The van der Waals surface area contributed by atoms with Gasteiger partial charge < -0.3 is 10.6 Å². The Hall–Kier alpha value is -2.62. The second-order valence-electron chi connectivity index (χ2n) is 6.75. The van der Waals surface area contributed by atoms with E-state index in [2.05, 4.69) is 10.6 Å². The van der Waals surface area contributed by atoms with Crippen LogP contribution in [0.5, 0.6) is 0 Å². The lowest BCUT2D eigenvalue weighted by Crippen LogP contribution is -2.19. The maximum absolute atomic E-state index is 11.9. The number of benzene rings is 2. The Kier molecular flexibility index (Phi) is 6.96. The molecule has 2 N–H and O–H groups in total.